The molecule has 0 fully saturated rings. The largest absolute Gasteiger partial charge is 0.478 e. The molecule has 178 valence electrons. The van der Waals surface area contributed by atoms with E-state index in [1.807, 2.05) is 0 Å². The van der Waals surface area contributed by atoms with E-state index < -0.39 is 35.4 Å². The van der Waals surface area contributed by atoms with Gasteiger partial charge in [-0.3, -0.25) is 4.79 Å². The second-order valence-electron chi connectivity index (χ2n) is 7.94. The Labute approximate surface area is 197 Å². The number of nitrogens with one attached hydrogen (secondary N) is 1. The van der Waals surface area contributed by atoms with E-state index in [0.29, 0.717) is 17.1 Å². The van der Waals surface area contributed by atoms with Gasteiger partial charge in [0.15, 0.2) is 5.69 Å². The number of benzene rings is 2. The predicted molar refractivity (Wildman–Crippen MR) is 119 cm³/mol. The quantitative estimate of drug-likeness (QED) is 0.518. The molecule has 0 spiro atoms. The first-order valence-corrected chi connectivity index (χ1v) is 10.7. The molecule has 1 unspecified atom stereocenters. The van der Waals surface area contributed by atoms with Crippen molar-refractivity contribution in [3.63, 3.8) is 0 Å². The normalized spacial score (nSPS) is 14.1. The maximum Gasteiger partial charge on any atom is 0.436 e. The monoisotopic (exact) mass is 492 g/mol. The van der Waals surface area contributed by atoms with Crippen LogP contribution in [0.1, 0.15) is 50.5 Å². The minimum atomic E-state index is -4.82. The van der Waals surface area contributed by atoms with E-state index in [1.54, 1.807) is 36.1 Å². The van der Waals surface area contributed by atoms with Gasteiger partial charge in [-0.05, 0) is 42.3 Å². The molecule has 0 saturated carbocycles. The number of nitrogens with zero attached hydrogens (tertiary/aromatic N) is 3. The Kier molecular flexibility index (Phi) is 6.26. The Morgan fingerprint density at radius 2 is 1.76 bits per heavy atom. The summed E-state index contributed by atoms with van der Waals surface area (Å²) in [5, 5.41) is 15.9. The molecule has 1 atom stereocenters. The molecule has 3 aromatic rings. The Bertz CT molecular complexity index is 1220. The number of anilines is 1. The minimum Gasteiger partial charge on any atom is -0.478 e. The van der Waals surface area contributed by atoms with Crippen molar-refractivity contribution in [3.05, 3.63) is 81.5 Å². The van der Waals surface area contributed by atoms with Gasteiger partial charge in [0, 0.05) is 18.1 Å². The van der Waals surface area contributed by atoms with Crippen LogP contribution in [0.25, 0.3) is 0 Å². The highest BCUT2D eigenvalue weighted by atomic mass is 35.5. The third kappa shape index (κ3) is 4.72. The number of amides is 1. The van der Waals surface area contributed by atoms with E-state index in [0.717, 1.165) is 5.56 Å². The predicted octanol–water partition coefficient (Wildman–Crippen LogP) is 4.76. The molecule has 1 aliphatic heterocycles. The first-order valence-electron chi connectivity index (χ1n) is 10.4. The zero-order chi connectivity index (χ0) is 24.6. The zero-order valence-corrected chi connectivity index (χ0v) is 18.7. The van der Waals surface area contributed by atoms with E-state index in [9.17, 15) is 22.8 Å². The van der Waals surface area contributed by atoms with Crippen LogP contribution in [0.4, 0.5) is 19.0 Å². The van der Waals surface area contributed by atoms with Gasteiger partial charge in [-0.15, -0.1) is 0 Å². The number of carboxylic acid groups (broad SMARTS) is 1. The van der Waals surface area contributed by atoms with Crippen LogP contribution in [0.5, 0.6) is 0 Å². The van der Waals surface area contributed by atoms with Crippen LogP contribution < -0.4 is 10.2 Å². The minimum absolute atomic E-state index is 0.0638. The van der Waals surface area contributed by atoms with E-state index in [-0.39, 0.29) is 24.5 Å². The van der Waals surface area contributed by atoms with E-state index in [4.69, 9.17) is 16.7 Å². The number of carbonyl (C=O) groups excluding carboxylic acids is 1. The molecule has 2 N–H and O–H groups in total. The van der Waals surface area contributed by atoms with Crippen molar-refractivity contribution in [1.82, 2.24) is 15.1 Å². The fraction of sp³-hybridized carbons (Fsp3) is 0.261. The lowest BCUT2D eigenvalue weighted by molar-refractivity contribution is -0.141. The maximum absolute atomic E-state index is 13.8. The average Bonchev–Trinajstić information content (AvgIpc) is 3.35. The number of fused-ring (bicyclic) bond motifs is 1. The Morgan fingerprint density at radius 1 is 1.12 bits per heavy atom. The molecular formula is C23H20ClF3N4O3. The Balaban J connectivity index is 1.64. The highest BCUT2D eigenvalue weighted by Gasteiger charge is 2.44. The van der Waals surface area contributed by atoms with Gasteiger partial charge < -0.3 is 15.3 Å². The highest BCUT2D eigenvalue weighted by Crippen LogP contribution is 2.38. The van der Waals surface area contributed by atoms with Crippen LogP contribution >= 0.6 is 11.6 Å². The molecule has 0 saturated heterocycles. The number of alkyl halides is 3. The van der Waals surface area contributed by atoms with Crippen molar-refractivity contribution in [2.75, 3.05) is 11.4 Å². The topological polar surface area (TPSA) is 87.5 Å². The summed E-state index contributed by atoms with van der Waals surface area (Å²) >= 11 is 5.92. The molecular weight excluding hydrogens is 473 g/mol. The molecule has 0 radical (unpaired) electrons. The fourth-order valence-electron chi connectivity index (χ4n) is 3.89. The zero-order valence-electron chi connectivity index (χ0n) is 17.9. The summed E-state index contributed by atoms with van der Waals surface area (Å²) in [4.78, 5) is 25.9. The van der Waals surface area contributed by atoms with Crippen molar-refractivity contribution in [2.45, 2.75) is 32.2 Å². The molecule has 1 aromatic heterocycles. The van der Waals surface area contributed by atoms with Crippen LogP contribution in [0.15, 0.2) is 48.5 Å². The summed E-state index contributed by atoms with van der Waals surface area (Å²) < 4.78 is 42.6. The second kappa shape index (κ2) is 9.02. The van der Waals surface area contributed by atoms with Gasteiger partial charge >= 0.3 is 12.1 Å². The van der Waals surface area contributed by atoms with Gasteiger partial charge in [0.1, 0.15) is 11.4 Å². The molecule has 34 heavy (non-hydrogen) atoms. The first-order chi connectivity index (χ1) is 16.0. The molecule has 11 heteroatoms. The van der Waals surface area contributed by atoms with Crippen molar-refractivity contribution in [3.8, 4) is 0 Å². The SMILES string of the molecule is CC(NC(=O)c1c(C(F)(F)F)nn2c1N(Cc1ccc(Cl)cc1)CC2)c1ccc(C(=O)O)cc1. The molecule has 2 heterocycles. The smallest absolute Gasteiger partial charge is 0.436 e. The summed E-state index contributed by atoms with van der Waals surface area (Å²) in [6, 6.07) is 12.0. The third-order valence-corrected chi connectivity index (χ3v) is 5.85. The third-order valence-electron chi connectivity index (χ3n) is 5.59. The molecule has 0 aliphatic carbocycles. The lowest BCUT2D eigenvalue weighted by atomic mass is 10.1. The van der Waals surface area contributed by atoms with Gasteiger partial charge in [0.2, 0.25) is 0 Å². The molecule has 2 aromatic carbocycles. The summed E-state index contributed by atoms with van der Waals surface area (Å²) in [7, 11) is 0. The van der Waals surface area contributed by atoms with Gasteiger partial charge in [0.05, 0.1) is 18.2 Å². The van der Waals surface area contributed by atoms with Crippen LogP contribution in [0.3, 0.4) is 0 Å². The van der Waals surface area contributed by atoms with Crippen molar-refractivity contribution in [1.29, 1.82) is 0 Å². The summed E-state index contributed by atoms with van der Waals surface area (Å²) in [5.41, 5.74) is -0.337. The lowest BCUT2D eigenvalue weighted by Gasteiger charge is -2.21. The first kappa shape index (κ1) is 23.6. The highest BCUT2D eigenvalue weighted by molar-refractivity contribution is 6.30. The van der Waals surface area contributed by atoms with E-state index >= 15 is 0 Å². The van der Waals surface area contributed by atoms with Gasteiger partial charge in [-0.2, -0.15) is 18.3 Å². The number of halogens is 4. The van der Waals surface area contributed by atoms with Crippen LogP contribution in [0, 0.1) is 0 Å². The summed E-state index contributed by atoms with van der Waals surface area (Å²) in [5.74, 6) is -1.91. The standard InChI is InChI=1S/C23H20ClF3N4O3/c1-13(15-4-6-16(7-5-15)22(33)34)28-20(32)18-19(23(25,26)27)29-31-11-10-30(21(18)31)12-14-2-8-17(24)9-3-14/h2-9,13H,10-12H2,1H3,(H,28,32)(H,33,34). The molecule has 0 bridgehead atoms. The lowest BCUT2D eigenvalue weighted by Crippen LogP contribution is -2.31. The van der Waals surface area contributed by atoms with Crippen LogP contribution in [0.2, 0.25) is 5.02 Å². The maximum atomic E-state index is 13.8. The second-order valence-corrected chi connectivity index (χ2v) is 8.37. The van der Waals surface area contributed by atoms with E-state index in [2.05, 4.69) is 10.4 Å². The molecule has 1 aliphatic rings. The van der Waals surface area contributed by atoms with Crippen molar-refractivity contribution < 1.29 is 27.9 Å². The Morgan fingerprint density at radius 3 is 2.35 bits per heavy atom. The average molecular weight is 493 g/mol. The molecule has 1 amide bonds. The summed E-state index contributed by atoms with van der Waals surface area (Å²) in [6.45, 7) is 2.50. The van der Waals surface area contributed by atoms with Gasteiger partial charge in [-0.25, -0.2) is 9.48 Å². The molecule has 7 nitrogen and oxygen atoms in total. The number of hydrogen-bond acceptors (Lipinski definition) is 4. The number of rotatable bonds is 6. The number of carbonyl (C=O) groups is 2. The number of aromatic nitrogens is 2. The van der Waals surface area contributed by atoms with Gasteiger partial charge in [-0.1, -0.05) is 35.9 Å². The van der Waals surface area contributed by atoms with Crippen molar-refractivity contribution in [2.24, 2.45) is 0 Å². The van der Waals surface area contributed by atoms with E-state index in [1.165, 1.54) is 28.9 Å². The number of carboxylic acids is 1. The van der Waals surface area contributed by atoms with Gasteiger partial charge in [0.25, 0.3) is 5.91 Å². The number of aromatic carboxylic acids is 1. The van der Waals surface area contributed by atoms with Crippen molar-refractivity contribution >= 4 is 29.3 Å². The summed E-state index contributed by atoms with van der Waals surface area (Å²) in [6.07, 6.45) is -4.82. The number of hydrogen-bond donors (Lipinski definition) is 2. The fourth-order valence-corrected chi connectivity index (χ4v) is 4.02. The van der Waals surface area contributed by atoms with Crippen LogP contribution in [-0.2, 0) is 19.3 Å². The molecule has 4 rings (SSSR count). The Hall–Kier alpha value is -3.53. The van der Waals surface area contributed by atoms with Crippen LogP contribution in [-0.4, -0.2) is 33.3 Å².